The molecule has 0 aromatic carbocycles. The summed E-state index contributed by atoms with van der Waals surface area (Å²) in [6.45, 7) is 7.66. The first-order chi connectivity index (χ1) is 7.65. The summed E-state index contributed by atoms with van der Waals surface area (Å²) >= 11 is 1.75. The van der Waals surface area contributed by atoms with Crippen LogP contribution in [0.1, 0.15) is 27.1 Å². The minimum absolute atomic E-state index is 0.754. The first kappa shape index (κ1) is 11.4. The van der Waals surface area contributed by atoms with E-state index < -0.39 is 0 Å². The second-order valence-electron chi connectivity index (χ2n) is 3.85. The van der Waals surface area contributed by atoms with Crippen LogP contribution in [-0.2, 0) is 13.1 Å². The highest BCUT2D eigenvalue weighted by Gasteiger charge is 2.04. The van der Waals surface area contributed by atoms with Gasteiger partial charge in [-0.25, -0.2) is 4.98 Å². The predicted octanol–water partition coefficient (Wildman–Crippen LogP) is 2.95. The molecule has 0 bridgehead atoms. The molecule has 0 aliphatic heterocycles. The summed E-state index contributed by atoms with van der Waals surface area (Å²) in [6, 6.07) is 3.98. The van der Waals surface area contributed by atoms with Crippen molar-refractivity contribution in [3.05, 3.63) is 39.2 Å². The summed E-state index contributed by atoms with van der Waals surface area (Å²) in [5, 5.41) is 4.46. The summed E-state index contributed by atoms with van der Waals surface area (Å²) in [4.78, 5) is 5.76. The third-order valence-electron chi connectivity index (χ3n) is 2.39. The Bertz CT molecular complexity index is 473. The Morgan fingerprint density at radius 2 is 2.06 bits per heavy atom. The molecule has 1 N–H and O–H groups in total. The van der Waals surface area contributed by atoms with Crippen LogP contribution in [0.4, 0.5) is 0 Å². The number of rotatable bonds is 4. The Kier molecular flexibility index (Phi) is 3.41. The van der Waals surface area contributed by atoms with E-state index in [1.54, 1.807) is 11.3 Å². The van der Waals surface area contributed by atoms with Gasteiger partial charge >= 0.3 is 0 Å². The number of furan rings is 1. The molecule has 0 radical (unpaired) electrons. The summed E-state index contributed by atoms with van der Waals surface area (Å²) in [5.74, 6) is 1.93. The van der Waals surface area contributed by atoms with E-state index >= 15 is 0 Å². The van der Waals surface area contributed by atoms with Crippen molar-refractivity contribution in [1.82, 2.24) is 10.3 Å². The Morgan fingerprint density at radius 3 is 2.62 bits per heavy atom. The van der Waals surface area contributed by atoms with Crippen LogP contribution in [0.2, 0.25) is 0 Å². The highest BCUT2D eigenvalue weighted by atomic mass is 32.1. The van der Waals surface area contributed by atoms with Gasteiger partial charge in [0.2, 0.25) is 0 Å². The lowest BCUT2D eigenvalue weighted by molar-refractivity contribution is 0.461. The molecule has 16 heavy (non-hydrogen) atoms. The zero-order valence-electron chi connectivity index (χ0n) is 9.83. The molecule has 0 saturated heterocycles. The number of aryl methyl sites for hydroxylation is 3. The van der Waals surface area contributed by atoms with E-state index in [0.29, 0.717) is 0 Å². The van der Waals surface area contributed by atoms with Crippen LogP contribution in [0.15, 0.2) is 16.5 Å². The topological polar surface area (TPSA) is 38.1 Å². The van der Waals surface area contributed by atoms with Crippen molar-refractivity contribution in [3.8, 4) is 0 Å². The van der Waals surface area contributed by atoms with Crippen molar-refractivity contribution in [2.24, 2.45) is 0 Å². The Hall–Kier alpha value is -1.13. The van der Waals surface area contributed by atoms with Gasteiger partial charge in [0.15, 0.2) is 0 Å². The molecule has 0 aliphatic carbocycles. The minimum Gasteiger partial charge on any atom is -0.465 e. The molecular formula is C12H16N2OS. The average molecular weight is 236 g/mol. The Morgan fingerprint density at radius 1 is 1.25 bits per heavy atom. The van der Waals surface area contributed by atoms with Gasteiger partial charge in [0.25, 0.3) is 0 Å². The molecule has 3 nitrogen and oxygen atoms in total. The molecule has 0 unspecified atom stereocenters. The van der Waals surface area contributed by atoms with Gasteiger partial charge in [-0.3, -0.25) is 0 Å². The first-order valence-corrected chi connectivity index (χ1v) is 6.16. The highest BCUT2D eigenvalue weighted by molar-refractivity contribution is 7.11. The maximum Gasteiger partial charge on any atom is 0.117 e. The molecule has 0 aliphatic rings. The van der Waals surface area contributed by atoms with E-state index in [0.717, 1.165) is 35.3 Å². The molecule has 0 spiro atoms. The minimum atomic E-state index is 0.754. The van der Waals surface area contributed by atoms with E-state index in [-0.39, 0.29) is 0 Å². The molecule has 86 valence electrons. The third-order valence-corrected chi connectivity index (χ3v) is 3.32. The molecule has 2 heterocycles. The smallest absolute Gasteiger partial charge is 0.117 e. The van der Waals surface area contributed by atoms with Crippen molar-refractivity contribution in [2.45, 2.75) is 33.9 Å². The van der Waals surface area contributed by atoms with E-state index in [1.807, 2.05) is 26.0 Å². The van der Waals surface area contributed by atoms with E-state index in [2.05, 4.69) is 17.2 Å². The van der Waals surface area contributed by atoms with Crippen LogP contribution < -0.4 is 5.32 Å². The lowest BCUT2D eigenvalue weighted by Crippen LogP contribution is -2.13. The zero-order chi connectivity index (χ0) is 11.5. The van der Waals surface area contributed by atoms with Gasteiger partial charge in [-0.15, -0.1) is 11.3 Å². The SMILES string of the molecule is Cc1ccc(CNCc2nc(C)sc2C)o1. The Labute approximate surface area is 99.5 Å². The fourth-order valence-electron chi connectivity index (χ4n) is 1.62. The highest BCUT2D eigenvalue weighted by Crippen LogP contribution is 2.16. The van der Waals surface area contributed by atoms with Crippen molar-refractivity contribution >= 4 is 11.3 Å². The number of hydrogen-bond donors (Lipinski definition) is 1. The van der Waals surface area contributed by atoms with Crippen molar-refractivity contribution in [2.75, 3.05) is 0 Å². The molecule has 4 heteroatoms. The van der Waals surface area contributed by atoms with Crippen LogP contribution in [0.25, 0.3) is 0 Å². The van der Waals surface area contributed by atoms with Crippen LogP contribution in [0.5, 0.6) is 0 Å². The van der Waals surface area contributed by atoms with Crippen molar-refractivity contribution in [3.63, 3.8) is 0 Å². The second kappa shape index (κ2) is 4.80. The molecule has 0 saturated carbocycles. The molecule has 2 rings (SSSR count). The number of hydrogen-bond acceptors (Lipinski definition) is 4. The van der Waals surface area contributed by atoms with Crippen LogP contribution in [0, 0.1) is 20.8 Å². The van der Waals surface area contributed by atoms with Gasteiger partial charge in [-0.2, -0.15) is 0 Å². The summed E-state index contributed by atoms with van der Waals surface area (Å²) in [6.07, 6.45) is 0. The fraction of sp³-hybridized carbons (Fsp3) is 0.417. The van der Waals surface area contributed by atoms with E-state index in [9.17, 15) is 0 Å². The maximum absolute atomic E-state index is 5.48. The quantitative estimate of drug-likeness (QED) is 0.887. The second-order valence-corrected chi connectivity index (χ2v) is 5.26. The molecule has 0 amide bonds. The summed E-state index contributed by atoms with van der Waals surface area (Å²) in [7, 11) is 0. The largest absolute Gasteiger partial charge is 0.465 e. The third kappa shape index (κ3) is 2.71. The number of nitrogens with zero attached hydrogens (tertiary/aromatic N) is 1. The number of thiazole rings is 1. The zero-order valence-corrected chi connectivity index (χ0v) is 10.6. The van der Waals surface area contributed by atoms with Crippen molar-refractivity contribution < 1.29 is 4.42 Å². The number of aromatic nitrogens is 1. The summed E-state index contributed by atoms with van der Waals surface area (Å²) < 4.78 is 5.48. The fourth-order valence-corrected chi connectivity index (χ4v) is 2.45. The van der Waals surface area contributed by atoms with Crippen LogP contribution >= 0.6 is 11.3 Å². The predicted molar refractivity (Wildman–Crippen MR) is 65.6 cm³/mol. The molecule has 2 aromatic rings. The van der Waals surface area contributed by atoms with Gasteiger partial charge in [-0.1, -0.05) is 0 Å². The van der Waals surface area contributed by atoms with Crippen LogP contribution in [-0.4, -0.2) is 4.98 Å². The molecular weight excluding hydrogens is 220 g/mol. The lowest BCUT2D eigenvalue weighted by atomic mass is 10.3. The van der Waals surface area contributed by atoms with E-state index in [1.165, 1.54) is 4.88 Å². The molecule has 0 atom stereocenters. The maximum atomic E-state index is 5.48. The van der Waals surface area contributed by atoms with E-state index in [4.69, 9.17) is 4.42 Å². The summed E-state index contributed by atoms with van der Waals surface area (Å²) in [5.41, 5.74) is 1.14. The number of nitrogens with one attached hydrogen (secondary N) is 1. The monoisotopic (exact) mass is 236 g/mol. The standard InChI is InChI=1S/C12H16N2OS/c1-8-4-5-11(15-8)6-13-7-12-9(2)16-10(3)14-12/h4-5,13H,6-7H2,1-3H3. The normalized spacial score (nSPS) is 10.9. The van der Waals surface area contributed by atoms with Crippen molar-refractivity contribution in [1.29, 1.82) is 0 Å². The first-order valence-electron chi connectivity index (χ1n) is 5.34. The van der Waals surface area contributed by atoms with Gasteiger partial charge in [0, 0.05) is 11.4 Å². The molecule has 2 aromatic heterocycles. The lowest BCUT2D eigenvalue weighted by Gasteiger charge is -2.00. The van der Waals surface area contributed by atoms with Gasteiger partial charge in [0.05, 0.1) is 17.2 Å². The molecule has 0 fully saturated rings. The van der Waals surface area contributed by atoms with Crippen LogP contribution in [0.3, 0.4) is 0 Å². The van der Waals surface area contributed by atoms with Gasteiger partial charge in [0.1, 0.15) is 11.5 Å². The van der Waals surface area contributed by atoms with Gasteiger partial charge < -0.3 is 9.73 Å². The van der Waals surface area contributed by atoms with Gasteiger partial charge in [-0.05, 0) is 32.9 Å². The average Bonchev–Trinajstić information content (AvgIpc) is 2.74. The Balaban J connectivity index is 1.86.